The van der Waals surface area contributed by atoms with E-state index in [-0.39, 0.29) is 46.7 Å². The number of carbonyl (C=O) groups excluding carboxylic acids is 5. The molecule has 2 aliphatic carbocycles. The number of alkyl carbamates (subject to hydrolysis) is 1. The summed E-state index contributed by atoms with van der Waals surface area (Å²) >= 11 is 0. The van der Waals surface area contributed by atoms with E-state index in [1.165, 1.54) is 56.5 Å². The molecule has 2 amide bonds. The standard InChI is InChI=1S/C42H46N2O20/c1-16-31(48)21(44-40(56)60-15-17-6-8-18(9-7-17)43-41(57)64-39-38(55)37(54)34(51)24(13-45)63-39)10-26(61-16)62-23-12-42(58,25(47)14-46)11-20-28(23)36(53)30-29(33(20)50)32(49)19-4-3-5-22(59-2)27(19)35(30)52/h3-9,16,21,23-24,26,31,34,37-39,45-46,48,50-51,53-55,58H,10-15H2,1-2H3,(H,43,57)(H,44,56). The maximum absolute atomic E-state index is 14.0. The fraction of sp³-hybridized carbons (Fsp3) is 0.452. The van der Waals surface area contributed by atoms with Crippen LogP contribution < -0.4 is 15.4 Å². The largest absolute Gasteiger partial charge is 0.507 e. The van der Waals surface area contributed by atoms with Gasteiger partial charge in [-0.05, 0) is 30.7 Å². The molecule has 0 bridgehead atoms. The van der Waals surface area contributed by atoms with Crippen LogP contribution in [-0.2, 0) is 41.5 Å². The number of Topliss-reactive ketones (excluding diaryl/α,β-unsaturated/α-hetero) is 1. The molecular formula is C42H46N2O20. The van der Waals surface area contributed by atoms with Crippen molar-refractivity contribution in [2.24, 2.45) is 0 Å². The van der Waals surface area contributed by atoms with Crippen LogP contribution in [0, 0.1) is 0 Å². The third-order valence-electron chi connectivity index (χ3n) is 11.7. The van der Waals surface area contributed by atoms with Crippen molar-refractivity contribution in [1.82, 2.24) is 5.32 Å². The van der Waals surface area contributed by atoms with Gasteiger partial charge in [0.2, 0.25) is 12.1 Å². The molecule has 2 heterocycles. The number of phenolic OH excluding ortho intramolecular Hbond substituents is 2. The number of hydrogen-bond donors (Lipinski definition) is 11. The van der Waals surface area contributed by atoms with Crippen LogP contribution in [0.1, 0.15) is 74.4 Å². The van der Waals surface area contributed by atoms with E-state index in [9.17, 15) is 69.9 Å². The van der Waals surface area contributed by atoms with Gasteiger partial charge in [-0.25, -0.2) is 9.59 Å². The van der Waals surface area contributed by atoms with Crippen LogP contribution in [0.4, 0.5) is 15.3 Å². The number of ether oxygens (including phenoxy) is 6. The van der Waals surface area contributed by atoms with Gasteiger partial charge >= 0.3 is 12.2 Å². The van der Waals surface area contributed by atoms with E-state index in [0.717, 1.165) is 0 Å². The topological polar surface area (TPSA) is 347 Å². The van der Waals surface area contributed by atoms with Gasteiger partial charge in [-0.1, -0.05) is 24.3 Å². The van der Waals surface area contributed by atoms with Crippen molar-refractivity contribution in [1.29, 1.82) is 0 Å². The van der Waals surface area contributed by atoms with Crippen LogP contribution in [0.15, 0.2) is 42.5 Å². The molecule has 2 saturated heterocycles. The summed E-state index contributed by atoms with van der Waals surface area (Å²) in [6.45, 7) is -0.676. The average Bonchev–Trinajstić information content (AvgIpc) is 3.27. The monoisotopic (exact) mass is 898 g/mol. The Balaban J connectivity index is 1.03. The lowest BCUT2D eigenvalue weighted by molar-refractivity contribution is -0.283. The number of phenols is 2. The maximum atomic E-state index is 14.0. The molecule has 11 unspecified atom stereocenters. The number of rotatable bonds is 11. The van der Waals surface area contributed by atoms with Crippen LogP contribution in [0.3, 0.4) is 0 Å². The van der Waals surface area contributed by atoms with Crippen molar-refractivity contribution in [3.63, 3.8) is 0 Å². The highest BCUT2D eigenvalue weighted by Crippen LogP contribution is 2.52. The van der Waals surface area contributed by atoms with E-state index >= 15 is 0 Å². The molecule has 11 atom stereocenters. The summed E-state index contributed by atoms with van der Waals surface area (Å²) in [6, 6.07) is 8.95. The molecule has 0 radical (unpaired) electrons. The van der Waals surface area contributed by atoms with Crippen molar-refractivity contribution in [2.75, 3.05) is 25.6 Å². The number of aliphatic hydroxyl groups is 7. The summed E-state index contributed by atoms with van der Waals surface area (Å²) in [5.74, 6) is -4.33. The Hall–Kier alpha value is -5.79. The lowest BCUT2D eigenvalue weighted by atomic mass is 9.72. The first-order chi connectivity index (χ1) is 30.4. The van der Waals surface area contributed by atoms with Gasteiger partial charge in [-0.15, -0.1) is 0 Å². The molecule has 2 aliphatic heterocycles. The second kappa shape index (κ2) is 18.4. The number of fused-ring (bicyclic) bond motifs is 3. The summed E-state index contributed by atoms with van der Waals surface area (Å²) in [5, 5.41) is 99.9. The predicted octanol–water partition coefficient (Wildman–Crippen LogP) is -0.683. The molecule has 0 aromatic heterocycles. The Morgan fingerprint density at radius 1 is 0.859 bits per heavy atom. The van der Waals surface area contributed by atoms with Crippen LogP contribution >= 0.6 is 0 Å². The Morgan fingerprint density at radius 3 is 2.23 bits per heavy atom. The van der Waals surface area contributed by atoms with E-state index in [1.54, 1.807) is 0 Å². The maximum Gasteiger partial charge on any atom is 0.414 e. The molecule has 7 rings (SSSR count). The average molecular weight is 899 g/mol. The van der Waals surface area contributed by atoms with E-state index in [2.05, 4.69) is 10.6 Å². The summed E-state index contributed by atoms with van der Waals surface area (Å²) in [7, 11) is 1.28. The zero-order valence-electron chi connectivity index (χ0n) is 34.1. The molecule has 344 valence electrons. The number of nitrogens with one attached hydrogen (secondary N) is 2. The van der Waals surface area contributed by atoms with Gasteiger partial charge in [0.05, 0.1) is 48.7 Å². The minimum absolute atomic E-state index is 0.0261. The van der Waals surface area contributed by atoms with E-state index in [1.807, 2.05) is 0 Å². The second-order valence-electron chi connectivity index (χ2n) is 15.7. The molecule has 22 nitrogen and oxygen atoms in total. The second-order valence-corrected chi connectivity index (χ2v) is 15.7. The summed E-state index contributed by atoms with van der Waals surface area (Å²) in [5.41, 5.74) is -3.74. The molecular weight excluding hydrogens is 852 g/mol. The van der Waals surface area contributed by atoms with Crippen molar-refractivity contribution in [3.05, 3.63) is 81.4 Å². The van der Waals surface area contributed by atoms with Gasteiger partial charge in [0.15, 0.2) is 17.9 Å². The molecule has 4 aliphatic rings. The first kappa shape index (κ1) is 46.2. The van der Waals surface area contributed by atoms with Crippen LogP contribution in [-0.4, -0.2) is 157 Å². The Bertz CT molecular complexity index is 2320. The van der Waals surface area contributed by atoms with Crippen molar-refractivity contribution in [3.8, 4) is 17.2 Å². The smallest absolute Gasteiger partial charge is 0.414 e. The Kier molecular flexibility index (Phi) is 13.3. The summed E-state index contributed by atoms with van der Waals surface area (Å²) in [6.07, 6.45) is -17.1. The summed E-state index contributed by atoms with van der Waals surface area (Å²) < 4.78 is 32.9. The minimum atomic E-state index is -2.40. The predicted molar refractivity (Wildman–Crippen MR) is 211 cm³/mol. The van der Waals surface area contributed by atoms with Gasteiger partial charge in [-0.2, -0.15) is 0 Å². The third-order valence-corrected chi connectivity index (χ3v) is 11.7. The number of aromatic hydroxyl groups is 2. The van der Waals surface area contributed by atoms with Crippen LogP contribution in [0.25, 0.3) is 0 Å². The van der Waals surface area contributed by atoms with Gasteiger partial charge < -0.3 is 79.7 Å². The number of anilines is 1. The molecule has 3 aromatic rings. The highest BCUT2D eigenvalue weighted by Gasteiger charge is 2.51. The SMILES string of the molecule is COc1cccc2c1C(=O)c1c(O)c3c(c(O)c1C2=O)CC(O)(C(=O)CO)CC3OC1CC(NC(=O)OCc2ccc(NC(=O)OC3OC(CO)C(O)C(O)C3O)cc2)C(O)C(C)O1. The number of ketones is 3. The molecule has 0 saturated carbocycles. The van der Waals surface area contributed by atoms with Gasteiger partial charge in [0, 0.05) is 41.6 Å². The van der Waals surface area contributed by atoms with E-state index in [4.69, 9.17) is 28.4 Å². The number of amides is 2. The van der Waals surface area contributed by atoms with Crippen molar-refractivity contribution in [2.45, 2.75) is 99.7 Å². The van der Waals surface area contributed by atoms with Crippen LogP contribution in [0.5, 0.6) is 17.2 Å². The quantitative estimate of drug-likeness (QED) is 0.0831. The van der Waals surface area contributed by atoms with E-state index in [0.29, 0.717) is 5.56 Å². The van der Waals surface area contributed by atoms with E-state index < -0.39 is 145 Å². The lowest BCUT2D eigenvalue weighted by Gasteiger charge is -2.42. The zero-order valence-corrected chi connectivity index (χ0v) is 34.1. The Morgan fingerprint density at radius 2 is 1.56 bits per heavy atom. The van der Waals surface area contributed by atoms with Gasteiger partial charge in [-0.3, -0.25) is 19.7 Å². The number of hydrogen-bond acceptors (Lipinski definition) is 20. The van der Waals surface area contributed by atoms with Crippen molar-refractivity contribution < 1.29 is 98.4 Å². The molecule has 2 fully saturated rings. The summed E-state index contributed by atoms with van der Waals surface area (Å²) in [4.78, 5) is 66.2. The van der Waals surface area contributed by atoms with Crippen molar-refractivity contribution >= 4 is 35.2 Å². The minimum Gasteiger partial charge on any atom is -0.507 e. The fourth-order valence-electron chi connectivity index (χ4n) is 8.30. The van der Waals surface area contributed by atoms with Crippen LogP contribution in [0.2, 0.25) is 0 Å². The lowest BCUT2D eigenvalue weighted by Crippen LogP contribution is -2.59. The molecule has 0 spiro atoms. The van der Waals surface area contributed by atoms with Gasteiger partial charge in [0.1, 0.15) is 66.6 Å². The number of benzene rings is 3. The highest BCUT2D eigenvalue weighted by atomic mass is 16.7. The zero-order chi connectivity index (χ0) is 46.4. The first-order valence-electron chi connectivity index (χ1n) is 19.9. The molecule has 11 N–H and O–H groups in total. The highest BCUT2D eigenvalue weighted by molar-refractivity contribution is 6.31. The van der Waals surface area contributed by atoms with Gasteiger partial charge in [0.25, 0.3) is 0 Å². The number of methoxy groups -OCH3 is 1. The normalized spacial score (nSPS) is 29.7. The molecule has 64 heavy (non-hydrogen) atoms. The third kappa shape index (κ3) is 8.59. The first-order valence-corrected chi connectivity index (χ1v) is 19.9. The Labute approximate surface area is 362 Å². The molecule has 3 aromatic carbocycles. The fourth-order valence-corrected chi connectivity index (χ4v) is 8.30. The number of aliphatic hydroxyl groups excluding tert-OH is 6. The number of carbonyl (C=O) groups is 5. The molecule has 22 heteroatoms.